The Bertz CT molecular complexity index is 864. The molecule has 3 aromatic heterocycles. The maximum atomic E-state index is 10.9. The van der Waals surface area contributed by atoms with Gasteiger partial charge in [-0.2, -0.15) is 14.7 Å². The van der Waals surface area contributed by atoms with Crippen LogP contribution in [0.15, 0.2) is 18.2 Å². The van der Waals surface area contributed by atoms with E-state index in [0.29, 0.717) is 0 Å². The molecule has 0 aliphatic heterocycles. The second-order valence-corrected chi connectivity index (χ2v) is 5.65. The standard InChI is InChI=1S/C15H16N6O/c1-3-20-14(7-13(18-20)11-6-10(11)8-22)12-4-5-15-17-16-9(2)21(15)19-12/h4-5,7-8,10-11H,3,6H2,1-2H3. The van der Waals surface area contributed by atoms with Gasteiger partial charge in [-0.25, -0.2) is 0 Å². The number of hydrogen-bond acceptors (Lipinski definition) is 5. The summed E-state index contributed by atoms with van der Waals surface area (Å²) in [5, 5.41) is 17.3. The highest BCUT2D eigenvalue weighted by atomic mass is 16.1. The third kappa shape index (κ3) is 1.93. The molecule has 2 atom stereocenters. The average molecular weight is 296 g/mol. The summed E-state index contributed by atoms with van der Waals surface area (Å²) in [5.74, 6) is 1.15. The Hall–Kier alpha value is -2.57. The predicted molar refractivity (Wildman–Crippen MR) is 79.3 cm³/mol. The number of carbonyl (C=O) groups excluding carboxylic acids is 1. The van der Waals surface area contributed by atoms with Crippen molar-refractivity contribution in [1.82, 2.24) is 29.6 Å². The van der Waals surface area contributed by atoms with Crippen LogP contribution in [0, 0.1) is 12.8 Å². The number of carbonyl (C=O) groups is 1. The van der Waals surface area contributed by atoms with E-state index in [-0.39, 0.29) is 11.8 Å². The topological polar surface area (TPSA) is 78.0 Å². The maximum Gasteiger partial charge on any atom is 0.177 e. The number of aromatic nitrogens is 6. The van der Waals surface area contributed by atoms with Crippen LogP contribution >= 0.6 is 0 Å². The molecule has 0 spiro atoms. The van der Waals surface area contributed by atoms with Gasteiger partial charge in [0.2, 0.25) is 0 Å². The van der Waals surface area contributed by atoms with E-state index in [2.05, 4.69) is 20.4 Å². The van der Waals surface area contributed by atoms with E-state index in [1.54, 1.807) is 4.52 Å². The van der Waals surface area contributed by atoms with Crippen molar-refractivity contribution >= 4 is 11.9 Å². The molecule has 1 saturated carbocycles. The molecule has 0 amide bonds. The minimum Gasteiger partial charge on any atom is -0.303 e. The van der Waals surface area contributed by atoms with Gasteiger partial charge in [0.05, 0.1) is 11.4 Å². The van der Waals surface area contributed by atoms with E-state index < -0.39 is 0 Å². The van der Waals surface area contributed by atoms with Crippen LogP contribution in [0.5, 0.6) is 0 Å². The summed E-state index contributed by atoms with van der Waals surface area (Å²) in [5.41, 5.74) is 3.51. The molecular formula is C15H16N6O. The maximum absolute atomic E-state index is 10.9. The predicted octanol–water partition coefficient (Wildman–Crippen LogP) is 1.62. The van der Waals surface area contributed by atoms with E-state index in [4.69, 9.17) is 0 Å². The SMILES string of the molecule is CCn1nc(C2CC2C=O)cc1-c1ccc2nnc(C)n2n1. The molecule has 0 saturated heterocycles. The quantitative estimate of drug-likeness (QED) is 0.684. The lowest BCUT2D eigenvalue weighted by molar-refractivity contribution is -0.108. The second kappa shape index (κ2) is 4.72. The van der Waals surface area contributed by atoms with E-state index in [0.717, 1.165) is 47.8 Å². The van der Waals surface area contributed by atoms with Gasteiger partial charge in [0.25, 0.3) is 0 Å². The molecule has 1 aliphatic carbocycles. The zero-order valence-electron chi connectivity index (χ0n) is 12.5. The van der Waals surface area contributed by atoms with Gasteiger partial charge in [-0.3, -0.25) is 4.68 Å². The number of nitrogens with zero attached hydrogens (tertiary/aromatic N) is 6. The van der Waals surface area contributed by atoms with Crippen LogP contribution in [0.4, 0.5) is 0 Å². The molecule has 4 rings (SSSR count). The van der Waals surface area contributed by atoms with Crippen LogP contribution < -0.4 is 0 Å². The second-order valence-electron chi connectivity index (χ2n) is 5.65. The molecule has 112 valence electrons. The Kier molecular flexibility index (Phi) is 2.82. The van der Waals surface area contributed by atoms with Gasteiger partial charge < -0.3 is 4.79 Å². The van der Waals surface area contributed by atoms with E-state index in [9.17, 15) is 4.79 Å². The molecule has 7 nitrogen and oxygen atoms in total. The first-order chi connectivity index (χ1) is 10.7. The van der Waals surface area contributed by atoms with Gasteiger partial charge in [-0.15, -0.1) is 10.2 Å². The van der Waals surface area contributed by atoms with E-state index >= 15 is 0 Å². The first kappa shape index (κ1) is 13.1. The summed E-state index contributed by atoms with van der Waals surface area (Å²) in [4.78, 5) is 10.9. The molecule has 1 aliphatic rings. The van der Waals surface area contributed by atoms with Gasteiger partial charge >= 0.3 is 0 Å². The van der Waals surface area contributed by atoms with Gasteiger partial charge in [-0.1, -0.05) is 0 Å². The number of hydrogen-bond donors (Lipinski definition) is 0. The Labute approximate surface area is 127 Å². The highest BCUT2D eigenvalue weighted by Crippen LogP contribution is 2.46. The van der Waals surface area contributed by atoms with Crippen molar-refractivity contribution in [2.24, 2.45) is 5.92 Å². The summed E-state index contributed by atoms with van der Waals surface area (Å²) in [6.07, 6.45) is 1.93. The Balaban J connectivity index is 1.79. The zero-order valence-corrected chi connectivity index (χ0v) is 12.5. The third-order valence-corrected chi connectivity index (χ3v) is 4.17. The first-order valence-corrected chi connectivity index (χ1v) is 7.43. The molecule has 0 radical (unpaired) electrons. The molecule has 22 heavy (non-hydrogen) atoms. The smallest absolute Gasteiger partial charge is 0.177 e. The Morgan fingerprint density at radius 1 is 1.32 bits per heavy atom. The summed E-state index contributed by atoms with van der Waals surface area (Å²) >= 11 is 0. The van der Waals surface area contributed by atoms with Crippen LogP contribution in [0.1, 0.15) is 30.8 Å². The molecule has 2 unspecified atom stereocenters. The molecule has 0 bridgehead atoms. The summed E-state index contributed by atoms with van der Waals surface area (Å²) in [7, 11) is 0. The van der Waals surface area contributed by atoms with Crippen molar-refractivity contribution in [3.05, 3.63) is 29.7 Å². The summed E-state index contributed by atoms with van der Waals surface area (Å²) in [6.45, 7) is 4.68. The van der Waals surface area contributed by atoms with Crippen molar-refractivity contribution in [3.8, 4) is 11.4 Å². The first-order valence-electron chi connectivity index (χ1n) is 7.43. The van der Waals surface area contributed by atoms with Crippen molar-refractivity contribution in [1.29, 1.82) is 0 Å². The highest BCUT2D eigenvalue weighted by Gasteiger charge is 2.40. The van der Waals surface area contributed by atoms with Gasteiger partial charge in [0.15, 0.2) is 11.5 Å². The van der Waals surface area contributed by atoms with Gasteiger partial charge in [0, 0.05) is 18.4 Å². The molecule has 3 aromatic rings. The van der Waals surface area contributed by atoms with Crippen LogP contribution in [0.25, 0.3) is 17.0 Å². The monoisotopic (exact) mass is 296 g/mol. The Morgan fingerprint density at radius 3 is 2.91 bits per heavy atom. The zero-order chi connectivity index (χ0) is 15.3. The fourth-order valence-electron chi connectivity index (χ4n) is 2.80. The number of aldehydes is 1. The van der Waals surface area contributed by atoms with Crippen molar-refractivity contribution in [2.75, 3.05) is 0 Å². The number of rotatable bonds is 4. The number of fused-ring (bicyclic) bond motifs is 1. The fourth-order valence-corrected chi connectivity index (χ4v) is 2.80. The van der Waals surface area contributed by atoms with Crippen LogP contribution in [0.3, 0.4) is 0 Å². The van der Waals surface area contributed by atoms with E-state index in [1.807, 2.05) is 36.7 Å². The molecular weight excluding hydrogens is 280 g/mol. The fraction of sp³-hybridized carbons (Fsp3) is 0.400. The van der Waals surface area contributed by atoms with Crippen LogP contribution in [-0.2, 0) is 11.3 Å². The largest absolute Gasteiger partial charge is 0.303 e. The highest BCUT2D eigenvalue weighted by molar-refractivity contribution is 5.63. The molecule has 3 heterocycles. The summed E-state index contributed by atoms with van der Waals surface area (Å²) in [6, 6.07) is 5.88. The van der Waals surface area contributed by atoms with Crippen molar-refractivity contribution in [2.45, 2.75) is 32.7 Å². The van der Waals surface area contributed by atoms with Crippen molar-refractivity contribution in [3.63, 3.8) is 0 Å². The lowest BCUT2D eigenvalue weighted by Crippen LogP contribution is -2.03. The molecule has 0 N–H and O–H groups in total. The van der Waals surface area contributed by atoms with Gasteiger partial charge in [-0.05, 0) is 38.5 Å². The van der Waals surface area contributed by atoms with Gasteiger partial charge in [0.1, 0.15) is 12.0 Å². The number of aryl methyl sites for hydroxylation is 2. The molecule has 7 heteroatoms. The van der Waals surface area contributed by atoms with Crippen LogP contribution in [0.2, 0.25) is 0 Å². The lowest BCUT2D eigenvalue weighted by Gasteiger charge is -2.04. The average Bonchev–Trinajstić information content (AvgIpc) is 3.07. The minimum atomic E-state index is 0.128. The lowest BCUT2D eigenvalue weighted by atomic mass is 10.2. The van der Waals surface area contributed by atoms with E-state index in [1.165, 1.54) is 0 Å². The van der Waals surface area contributed by atoms with Crippen LogP contribution in [-0.4, -0.2) is 35.9 Å². The molecule has 0 aromatic carbocycles. The summed E-state index contributed by atoms with van der Waals surface area (Å²) < 4.78 is 3.66. The Morgan fingerprint density at radius 2 is 2.18 bits per heavy atom. The van der Waals surface area contributed by atoms with Crippen molar-refractivity contribution < 1.29 is 4.79 Å². The molecule has 1 fully saturated rings. The normalized spacial score (nSPS) is 20.5. The third-order valence-electron chi connectivity index (χ3n) is 4.17. The minimum absolute atomic E-state index is 0.128.